The molecule has 1 aliphatic rings. The van der Waals surface area contributed by atoms with E-state index in [1.807, 2.05) is 34.6 Å². The summed E-state index contributed by atoms with van der Waals surface area (Å²) in [6.45, 7) is 14.1. The molecule has 0 aliphatic carbocycles. The average molecular weight is 418 g/mol. The number of hydrogen-bond donors (Lipinski definition) is 1. The van der Waals surface area contributed by atoms with Crippen molar-refractivity contribution in [2.24, 2.45) is 11.3 Å². The molecule has 1 amide bonds. The van der Waals surface area contributed by atoms with Crippen molar-refractivity contribution < 1.29 is 83.1 Å². The van der Waals surface area contributed by atoms with Gasteiger partial charge in [0.1, 0.15) is 12.7 Å². The largest absolute Gasteiger partial charge is 1.00 e. The average Bonchev–Trinajstić information content (AvgIpc) is 3.23. The van der Waals surface area contributed by atoms with Gasteiger partial charge in [-0.15, -0.1) is 12.6 Å². The van der Waals surface area contributed by atoms with E-state index in [2.05, 4.69) is 12.2 Å². The molecule has 0 bridgehead atoms. The van der Waals surface area contributed by atoms with Gasteiger partial charge >= 0.3 is 68.0 Å². The molecule has 26 heavy (non-hydrogen) atoms. The predicted octanol–water partition coefficient (Wildman–Crippen LogP) is -1.90. The Morgan fingerprint density at radius 3 is 2.08 bits per heavy atom. The van der Waals surface area contributed by atoms with Crippen molar-refractivity contribution in [3.8, 4) is 0 Å². The number of carbonyl (C=O) groups excluding carboxylic acids is 2. The van der Waals surface area contributed by atoms with E-state index in [0.717, 1.165) is 0 Å². The number of carbonyl (C=O) groups is 2. The van der Waals surface area contributed by atoms with Crippen LogP contribution in [0.15, 0.2) is 0 Å². The van der Waals surface area contributed by atoms with Crippen LogP contribution in [0.2, 0.25) is 0 Å². The van der Waals surface area contributed by atoms with E-state index in [1.54, 1.807) is 0 Å². The van der Waals surface area contributed by atoms with Crippen molar-refractivity contribution >= 4 is 22.5 Å². The van der Waals surface area contributed by atoms with Gasteiger partial charge in [-0.2, -0.15) is 0 Å². The van der Waals surface area contributed by atoms with Crippen LogP contribution in [0.5, 0.6) is 0 Å². The molecule has 1 N–H and O–H groups in total. The molecule has 1 aliphatic heterocycles. The molecule has 0 radical (unpaired) electrons. The first-order chi connectivity index (χ1) is 11.3. The molecule has 0 spiro atoms. The fourth-order valence-corrected chi connectivity index (χ4v) is 2.09. The summed E-state index contributed by atoms with van der Waals surface area (Å²) in [5, 5.41) is 2.87. The van der Waals surface area contributed by atoms with E-state index in [-0.39, 0.29) is 75.3 Å². The number of esters is 1. The minimum atomic E-state index is -3.11. The standard InChI is InChI=1S/C16H28NO4.K.O3S/c1-7-11(13(18)17-15(2,3)4)8-16(5,6)14(19)21-10-12-9-20-12;;1-4(2)3/h11-12H,2,7-10H2,1,3-6H3,(H,17,18);;/q-1;+1;. The van der Waals surface area contributed by atoms with Gasteiger partial charge in [0.05, 0.1) is 12.0 Å². The maximum Gasteiger partial charge on any atom is 1.00 e. The minimum absolute atomic E-state index is 0. The Bertz CT molecular complexity index is 558. The summed E-state index contributed by atoms with van der Waals surface area (Å²) >= 11 is 0. The van der Waals surface area contributed by atoms with E-state index in [1.165, 1.54) is 0 Å². The maximum absolute atomic E-state index is 12.2. The molecule has 0 saturated carbocycles. The van der Waals surface area contributed by atoms with Gasteiger partial charge < -0.3 is 21.7 Å². The number of epoxide rings is 1. The van der Waals surface area contributed by atoms with Crippen molar-refractivity contribution in [1.82, 2.24) is 5.32 Å². The third-order valence-electron chi connectivity index (χ3n) is 3.44. The third kappa shape index (κ3) is 14.2. The molecule has 1 saturated heterocycles. The van der Waals surface area contributed by atoms with Gasteiger partial charge in [0.2, 0.25) is 5.91 Å². The summed E-state index contributed by atoms with van der Waals surface area (Å²) in [7, 11) is -3.11. The first-order valence-electron chi connectivity index (χ1n) is 8.01. The van der Waals surface area contributed by atoms with Gasteiger partial charge in [-0.1, -0.05) is 26.3 Å². The normalized spacial score (nSPS) is 16.9. The molecule has 146 valence electrons. The van der Waals surface area contributed by atoms with Crippen LogP contribution in [0.4, 0.5) is 0 Å². The molecular weight excluding hydrogens is 389 g/mol. The van der Waals surface area contributed by atoms with Gasteiger partial charge in [0.15, 0.2) is 0 Å². The van der Waals surface area contributed by atoms with E-state index in [0.29, 0.717) is 26.1 Å². The predicted molar refractivity (Wildman–Crippen MR) is 90.2 cm³/mol. The number of ether oxygens (including phenoxy) is 2. The Morgan fingerprint density at radius 1 is 1.27 bits per heavy atom. The van der Waals surface area contributed by atoms with Crippen LogP contribution in [-0.4, -0.2) is 49.4 Å². The summed E-state index contributed by atoms with van der Waals surface area (Å²) in [6.07, 6.45) is 1.18. The number of rotatable bonds is 8. The minimum Gasteiger partial charge on any atom is -0.462 e. The van der Waals surface area contributed by atoms with E-state index in [4.69, 9.17) is 22.1 Å². The van der Waals surface area contributed by atoms with Crippen molar-refractivity contribution in [2.45, 2.75) is 59.1 Å². The molecule has 0 aromatic rings. The zero-order valence-corrected chi connectivity index (χ0v) is 20.4. The van der Waals surface area contributed by atoms with Crippen LogP contribution < -0.4 is 56.7 Å². The van der Waals surface area contributed by atoms with E-state index >= 15 is 0 Å². The zero-order valence-electron chi connectivity index (χ0n) is 16.5. The second-order valence-electron chi connectivity index (χ2n) is 7.32. The zero-order chi connectivity index (χ0) is 19.8. The first kappa shape index (κ1) is 28.4. The van der Waals surface area contributed by atoms with Gasteiger partial charge in [-0.25, -0.2) is 0 Å². The SMILES string of the molecule is O=S(=O)=O.[CH2-]C(C)(C)NC(=O)C(CC)CC(C)(C)C(=O)OCC1CO1.[K+]. The van der Waals surface area contributed by atoms with Crippen molar-refractivity contribution in [3.63, 3.8) is 0 Å². The summed E-state index contributed by atoms with van der Waals surface area (Å²) in [6, 6.07) is 0. The molecule has 0 aromatic carbocycles. The van der Waals surface area contributed by atoms with Crippen LogP contribution in [0.3, 0.4) is 0 Å². The second-order valence-corrected chi connectivity index (χ2v) is 7.73. The quantitative estimate of drug-likeness (QED) is 0.212. The summed E-state index contributed by atoms with van der Waals surface area (Å²) in [5.74, 6) is -0.576. The second kappa shape index (κ2) is 12.6. The van der Waals surface area contributed by atoms with Crippen LogP contribution in [0, 0.1) is 18.3 Å². The number of hydrogen-bond acceptors (Lipinski definition) is 7. The summed E-state index contributed by atoms with van der Waals surface area (Å²) < 4.78 is 35.6. The molecular formula is C16H28KNO7S. The molecule has 1 heterocycles. The number of amides is 1. The molecule has 1 rings (SSSR count). The van der Waals surface area contributed by atoms with Crippen molar-refractivity contribution in [3.05, 3.63) is 6.92 Å². The molecule has 0 aromatic heterocycles. The van der Waals surface area contributed by atoms with Crippen molar-refractivity contribution in [1.29, 1.82) is 0 Å². The smallest absolute Gasteiger partial charge is 0.462 e. The summed E-state index contributed by atoms with van der Waals surface area (Å²) in [5.41, 5.74) is -1.21. The van der Waals surface area contributed by atoms with E-state index in [9.17, 15) is 9.59 Å². The van der Waals surface area contributed by atoms with Gasteiger partial charge in [-0.3, -0.25) is 9.59 Å². The molecule has 10 heteroatoms. The Balaban J connectivity index is 0. The third-order valence-corrected chi connectivity index (χ3v) is 3.44. The van der Waals surface area contributed by atoms with Gasteiger partial charge in [0, 0.05) is 5.92 Å². The summed E-state index contributed by atoms with van der Waals surface area (Å²) in [4.78, 5) is 24.4. The van der Waals surface area contributed by atoms with Crippen LogP contribution >= 0.6 is 0 Å². The molecule has 2 unspecified atom stereocenters. The molecule has 8 nitrogen and oxygen atoms in total. The topological polar surface area (TPSA) is 119 Å². The Labute approximate surface area is 199 Å². The monoisotopic (exact) mass is 417 g/mol. The maximum atomic E-state index is 12.2. The van der Waals surface area contributed by atoms with Crippen LogP contribution in [0.25, 0.3) is 0 Å². The fourth-order valence-electron chi connectivity index (χ4n) is 2.09. The fraction of sp³-hybridized carbons (Fsp3) is 0.812. The Morgan fingerprint density at radius 2 is 1.73 bits per heavy atom. The Hall–Kier alpha value is 0.156. The number of nitrogens with one attached hydrogen (secondary N) is 1. The van der Waals surface area contributed by atoms with Gasteiger partial charge in [-0.05, 0) is 26.7 Å². The van der Waals surface area contributed by atoms with E-state index < -0.39 is 21.6 Å². The molecule has 2 atom stereocenters. The first-order valence-corrected chi connectivity index (χ1v) is 9.01. The van der Waals surface area contributed by atoms with Gasteiger partial charge in [0.25, 0.3) is 0 Å². The molecule has 1 fully saturated rings. The van der Waals surface area contributed by atoms with Crippen LogP contribution in [-0.2, 0) is 29.7 Å². The van der Waals surface area contributed by atoms with Crippen LogP contribution in [0.1, 0.15) is 47.5 Å². The van der Waals surface area contributed by atoms with Crippen molar-refractivity contribution in [2.75, 3.05) is 13.2 Å². The Kier molecular flexibility index (Phi) is 13.7.